The standard InChI is InChI=1S/C13H17NO2/c1-10(2)14(13-8-16-9-13)12-5-3-11(7-15)4-6-12/h3-7,10,13H,8-9H2,1-2H3. The molecular weight excluding hydrogens is 202 g/mol. The Morgan fingerprint density at radius 3 is 2.31 bits per heavy atom. The molecule has 1 fully saturated rings. The second-order valence-electron chi connectivity index (χ2n) is 4.40. The average molecular weight is 219 g/mol. The molecule has 1 aliphatic heterocycles. The number of carbonyl (C=O) groups excluding carboxylic acids is 1. The third-order valence-electron chi connectivity index (χ3n) is 2.90. The Morgan fingerprint density at radius 1 is 1.31 bits per heavy atom. The van der Waals surface area contributed by atoms with Crippen molar-refractivity contribution < 1.29 is 9.53 Å². The van der Waals surface area contributed by atoms with Crippen LogP contribution in [0.3, 0.4) is 0 Å². The van der Waals surface area contributed by atoms with Crippen LogP contribution in [0.1, 0.15) is 24.2 Å². The van der Waals surface area contributed by atoms with Crippen LogP contribution in [0.5, 0.6) is 0 Å². The highest BCUT2D eigenvalue weighted by molar-refractivity contribution is 5.75. The van der Waals surface area contributed by atoms with E-state index >= 15 is 0 Å². The molecule has 0 saturated carbocycles. The number of hydrogen-bond acceptors (Lipinski definition) is 3. The topological polar surface area (TPSA) is 29.5 Å². The van der Waals surface area contributed by atoms with Crippen molar-refractivity contribution in [1.29, 1.82) is 0 Å². The van der Waals surface area contributed by atoms with Crippen LogP contribution in [0, 0.1) is 0 Å². The molecule has 1 aromatic rings. The summed E-state index contributed by atoms with van der Waals surface area (Å²) in [5.74, 6) is 0. The van der Waals surface area contributed by atoms with Gasteiger partial charge in [0.25, 0.3) is 0 Å². The Hall–Kier alpha value is -1.35. The summed E-state index contributed by atoms with van der Waals surface area (Å²) in [5, 5.41) is 0. The van der Waals surface area contributed by atoms with Crippen molar-refractivity contribution in [3.8, 4) is 0 Å². The summed E-state index contributed by atoms with van der Waals surface area (Å²) in [5.41, 5.74) is 1.88. The fourth-order valence-corrected chi connectivity index (χ4v) is 2.04. The minimum atomic E-state index is 0.441. The van der Waals surface area contributed by atoms with Gasteiger partial charge in [-0.15, -0.1) is 0 Å². The summed E-state index contributed by atoms with van der Waals surface area (Å²) >= 11 is 0. The van der Waals surface area contributed by atoms with Crippen LogP contribution in [0.25, 0.3) is 0 Å². The lowest BCUT2D eigenvalue weighted by Gasteiger charge is -2.41. The molecule has 1 saturated heterocycles. The van der Waals surface area contributed by atoms with Crippen LogP contribution in [-0.2, 0) is 4.74 Å². The molecule has 16 heavy (non-hydrogen) atoms. The molecule has 0 radical (unpaired) electrons. The van der Waals surface area contributed by atoms with Gasteiger partial charge in [0.15, 0.2) is 0 Å². The van der Waals surface area contributed by atoms with Crippen LogP contribution in [0.15, 0.2) is 24.3 Å². The molecular formula is C13H17NO2. The molecule has 0 aromatic heterocycles. The maximum Gasteiger partial charge on any atom is 0.150 e. The maximum atomic E-state index is 10.6. The van der Waals surface area contributed by atoms with E-state index in [1.165, 1.54) is 0 Å². The highest BCUT2D eigenvalue weighted by Gasteiger charge is 2.27. The molecule has 0 bridgehead atoms. The predicted molar refractivity (Wildman–Crippen MR) is 64.1 cm³/mol. The van der Waals surface area contributed by atoms with Crippen molar-refractivity contribution in [1.82, 2.24) is 0 Å². The fraction of sp³-hybridized carbons (Fsp3) is 0.462. The second-order valence-corrected chi connectivity index (χ2v) is 4.40. The molecule has 0 unspecified atom stereocenters. The highest BCUT2D eigenvalue weighted by atomic mass is 16.5. The number of aldehydes is 1. The summed E-state index contributed by atoms with van der Waals surface area (Å²) in [6.07, 6.45) is 0.871. The van der Waals surface area contributed by atoms with Gasteiger partial charge in [-0.1, -0.05) is 0 Å². The van der Waals surface area contributed by atoms with Gasteiger partial charge in [0.1, 0.15) is 6.29 Å². The monoisotopic (exact) mass is 219 g/mol. The lowest BCUT2D eigenvalue weighted by Crippen LogP contribution is -2.52. The first-order valence-electron chi connectivity index (χ1n) is 5.63. The van der Waals surface area contributed by atoms with Crippen molar-refractivity contribution in [3.05, 3.63) is 29.8 Å². The first kappa shape index (κ1) is 11.1. The minimum absolute atomic E-state index is 0.441. The van der Waals surface area contributed by atoms with Crippen LogP contribution in [0.2, 0.25) is 0 Å². The SMILES string of the molecule is CC(C)N(c1ccc(C=O)cc1)C1COC1. The maximum absolute atomic E-state index is 10.6. The molecule has 0 N–H and O–H groups in total. The largest absolute Gasteiger partial charge is 0.377 e. The van der Waals surface area contributed by atoms with Gasteiger partial charge in [-0.05, 0) is 38.1 Å². The molecule has 2 rings (SSSR count). The van der Waals surface area contributed by atoms with Gasteiger partial charge >= 0.3 is 0 Å². The Morgan fingerprint density at radius 2 is 1.94 bits per heavy atom. The van der Waals surface area contributed by atoms with Gasteiger partial charge < -0.3 is 9.64 Å². The number of benzene rings is 1. The molecule has 1 heterocycles. The van der Waals surface area contributed by atoms with E-state index < -0.39 is 0 Å². The Kier molecular flexibility index (Phi) is 3.25. The first-order valence-corrected chi connectivity index (χ1v) is 5.63. The van der Waals surface area contributed by atoms with Crippen LogP contribution in [-0.4, -0.2) is 31.6 Å². The van der Waals surface area contributed by atoms with E-state index in [2.05, 4.69) is 18.7 Å². The molecule has 0 amide bonds. The van der Waals surface area contributed by atoms with Gasteiger partial charge in [-0.3, -0.25) is 4.79 Å². The molecule has 1 aliphatic rings. The van der Waals surface area contributed by atoms with Gasteiger partial charge in [0.05, 0.1) is 19.3 Å². The summed E-state index contributed by atoms with van der Waals surface area (Å²) in [7, 11) is 0. The Labute approximate surface area is 96.0 Å². The molecule has 3 nitrogen and oxygen atoms in total. The van der Waals surface area contributed by atoms with E-state index in [1.54, 1.807) is 0 Å². The van der Waals surface area contributed by atoms with Gasteiger partial charge in [0, 0.05) is 17.3 Å². The number of rotatable bonds is 4. The third kappa shape index (κ3) is 2.09. The van der Waals surface area contributed by atoms with E-state index in [4.69, 9.17) is 4.74 Å². The number of ether oxygens (including phenoxy) is 1. The normalized spacial score (nSPS) is 15.9. The van der Waals surface area contributed by atoms with Crippen molar-refractivity contribution in [2.24, 2.45) is 0 Å². The molecule has 0 aliphatic carbocycles. The molecule has 1 aromatic carbocycles. The number of carbonyl (C=O) groups is 1. The quantitative estimate of drug-likeness (QED) is 0.726. The van der Waals surface area contributed by atoms with Crippen molar-refractivity contribution >= 4 is 12.0 Å². The predicted octanol–water partition coefficient (Wildman–Crippen LogP) is 2.11. The Balaban J connectivity index is 2.20. The second kappa shape index (κ2) is 4.66. The summed E-state index contributed by atoms with van der Waals surface area (Å²) in [6, 6.07) is 8.64. The van der Waals surface area contributed by atoms with Gasteiger partial charge in [0.2, 0.25) is 0 Å². The van der Waals surface area contributed by atoms with Crippen molar-refractivity contribution in [2.75, 3.05) is 18.1 Å². The van der Waals surface area contributed by atoms with E-state index in [-0.39, 0.29) is 0 Å². The highest BCUT2D eigenvalue weighted by Crippen LogP contribution is 2.23. The van der Waals surface area contributed by atoms with Gasteiger partial charge in [-0.2, -0.15) is 0 Å². The molecule has 0 atom stereocenters. The molecule has 3 heteroatoms. The number of hydrogen-bond donors (Lipinski definition) is 0. The number of nitrogens with zero attached hydrogens (tertiary/aromatic N) is 1. The zero-order valence-electron chi connectivity index (χ0n) is 9.72. The van der Waals surface area contributed by atoms with Crippen molar-refractivity contribution in [2.45, 2.75) is 25.9 Å². The summed E-state index contributed by atoms with van der Waals surface area (Å²) in [6.45, 7) is 5.94. The van der Waals surface area contributed by atoms with Gasteiger partial charge in [-0.25, -0.2) is 0 Å². The third-order valence-corrected chi connectivity index (χ3v) is 2.90. The van der Waals surface area contributed by atoms with E-state index in [1.807, 2.05) is 24.3 Å². The molecule has 0 spiro atoms. The molecule has 86 valence electrons. The fourth-order valence-electron chi connectivity index (χ4n) is 2.04. The zero-order valence-corrected chi connectivity index (χ0v) is 9.72. The lowest BCUT2D eigenvalue weighted by molar-refractivity contribution is 0.00578. The smallest absolute Gasteiger partial charge is 0.150 e. The summed E-state index contributed by atoms with van der Waals surface area (Å²) < 4.78 is 5.23. The van der Waals surface area contributed by atoms with Crippen molar-refractivity contribution in [3.63, 3.8) is 0 Å². The Bertz CT molecular complexity index is 355. The van der Waals surface area contributed by atoms with E-state index in [0.717, 1.165) is 30.8 Å². The van der Waals surface area contributed by atoms with E-state index in [9.17, 15) is 4.79 Å². The minimum Gasteiger partial charge on any atom is -0.377 e. The van der Waals surface area contributed by atoms with Crippen LogP contribution in [0.4, 0.5) is 5.69 Å². The summed E-state index contributed by atoms with van der Waals surface area (Å²) in [4.78, 5) is 12.9. The van der Waals surface area contributed by atoms with E-state index in [0.29, 0.717) is 12.1 Å². The average Bonchev–Trinajstić information content (AvgIpc) is 2.23. The van der Waals surface area contributed by atoms with Crippen LogP contribution >= 0.6 is 0 Å². The zero-order chi connectivity index (χ0) is 11.5. The first-order chi connectivity index (χ1) is 7.72. The van der Waals surface area contributed by atoms with Crippen LogP contribution < -0.4 is 4.90 Å². The lowest BCUT2D eigenvalue weighted by atomic mass is 10.1. The number of anilines is 1.